The third-order valence-corrected chi connectivity index (χ3v) is 3.83. The summed E-state index contributed by atoms with van der Waals surface area (Å²) in [6.45, 7) is 0.276. The summed E-state index contributed by atoms with van der Waals surface area (Å²) in [5.74, 6) is -0.558. The zero-order valence-electron chi connectivity index (χ0n) is 13.7. The fourth-order valence-corrected chi connectivity index (χ4v) is 2.46. The van der Waals surface area contributed by atoms with E-state index in [1.54, 1.807) is 0 Å². The number of rotatable bonds is 8. The Morgan fingerprint density at radius 1 is 1.12 bits per heavy atom. The summed E-state index contributed by atoms with van der Waals surface area (Å²) in [6, 6.07) is 16.7. The molecule has 0 saturated carbocycles. The molecule has 3 atom stereocenters. The summed E-state index contributed by atoms with van der Waals surface area (Å²) in [4.78, 5) is 15.0. The number of azide groups is 1. The second kappa shape index (κ2) is 9.44. The lowest BCUT2D eigenvalue weighted by atomic mass is 9.97. The zero-order valence-corrected chi connectivity index (χ0v) is 13.7. The predicted molar refractivity (Wildman–Crippen MR) is 95.4 cm³/mol. The second-order valence-corrected chi connectivity index (χ2v) is 5.70. The fourth-order valence-electron chi connectivity index (χ4n) is 2.46. The van der Waals surface area contributed by atoms with Crippen LogP contribution in [0.3, 0.4) is 0 Å². The van der Waals surface area contributed by atoms with Gasteiger partial charge in [-0.05, 0) is 23.1 Å². The van der Waals surface area contributed by atoms with Crippen LogP contribution in [0.15, 0.2) is 65.8 Å². The van der Waals surface area contributed by atoms with Crippen LogP contribution in [0.5, 0.6) is 0 Å². The van der Waals surface area contributed by atoms with E-state index in [4.69, 9.17) is 11.3 Å². The minimum atomic E-state index is -1.29. The lowest BCUT2D eigenvalue weighted by Crippen LogP contribution is -2.50. The minimum absolute atomic E-state index is 0.276. The van der Waals surface area contributed by atoms with E-state index in [1.165, 1.54) is 0 Å². The second-order valence-electron chi connectivity index (χ2n) is 5.70. The first-order chi connectivity index (χ1) is 12.1. The molecule has 0 aliphatic rings. The van der Waals surface area contributed by atoms with Gasteiger partial charge in [-0.25, -0.2) is 0 Å². The third-order valence-electron chi connectivity index (χ3n) is 3.83. The van der Waals surface area contributed by atoms with E-state index in [-0.39, 0.29) is 6.54 Å². The molecule has 0 spiro atoms. The lowest BCUT2D eigenvalue weighted by Gasteiger charge is -2.24. The summed E-state index contributed by atoms with van der Waals surface area (Å²) in [5.41, 5.74) is 16.6. The van der Waals surface area contributed by atoms with E-state index < -0.39 is 24.1 Å². The number of carbonyl (C=O) groups is 1. The molecule has 7 heteroatoms. The van der Waals surface area contributed by atoms with Gasteiger partial charge in [0, 0.05) is 17.5 Å². The standard InChI is InChI=1S/C18H21N5O2/c19-15(11-13-7-3-1-4-8-13)17(24)16(22-23-20)18(25)21-12-14-9-5-2-6-10-14/h1-10,15-17,24H,11-12,19H2,(H,21,25)/t15-,16-,17-/m1/s1. The van der Waals surface area contributed by atoms with E-state index in [0.29, 0.717) is 6.42 Å². The Labute approximate surface area is 146 Å². The number of carbonyl (C=O) groups excluding carboxylic acids is 1. The SMILES string of the molecule is [N-]=[N+]=N[C@@H](C(=O)NCc1ccccc1)[C@H](O)[C@H](N)Cc1ccccc1. The first kappa shape index (κ1) is 18.5. The van der Waals surface area contributed by atoms with Gasteiger partial charge in [0.2, 0.25) is 5.91 Å². The van der Waals surface area contributed by atoms with Gasteiger partial charge in [0.1, 0.15) is 6.04 Å². The smallest absolute Gasteiger partial charge is 0.232 e. The number of nitrogens with one attached hydrogen (secondary N) is 1. The largest absolute Gasteiger partial charge is 0.391 e. The summed E-state index contributed by atoms with van der Waals surface area (Å²) in [5, 5.41) is 16.5. The number of aliphatic hydroxyl groups excluding tert-OH is 1. The van der Waals surface area contributed by atoms with Crippen molar-refractivity contribution in [1.82, 2.24) is 5.32 Å². The van der Waals surface area contributed by atoms with Gasteiger partial charge in [-0.3, -0.25) is 4.79 Å². The molecule has 0 aromatic heterocycles. The summed E-state index contributed by atoms with van der Waals surface area (Å²) in [7, 11) is 0. The van der Waals surface area contributed by atoms with E-state index in [2.05, 4.69) is 15.3 Å². The molecule has 1 amide bonds. The van der Waals surface area contributed by atoms with E-state index >= 15 is 0 Å². The molecule has 2 aromatic rings. The van der Waals surface area contributed by atoms with Gasteiger partial charge in [-0.1, -0.05) is 65.8 Å². The number of hydrogen-bond donors (Lipinski definition) is 3. The monoisotopic (exact) mass is 339 g/mol. The van der Waals surface area contributed by atoms with Gasteiger partial charge < -0.3 is 16.2 Å². The molecule has 7 nitrogen and oxygen atoms in total. The normalized spacial score (nSPS) is 14.0. The highest BCUT2D eigenvalue weighted by Crippen LogP contribution is 2.10. The van der Waals surface area contributed by atoms with Gasteiger partial charge in [0.25, 0.3) is 0 Å². The number of amides is 1. The van der Waals surface area contributed by atoms with Crippen molar-refractivity contribution in [3.8, 4) is 0 Å². The van der Waals surface area contributed by atoms with Crippen molar-refractivity contribution in [2.24, 2.45) is 10.8 Å². The number of hydrogen-bond acceptors (Lipinski definition) is 4. The number of nitrogens with zero attached hydrogens (tertiary/aromatic N) is 3. The molecule has 0 unspecified atom stereocenters. The highest BCUT2D eigenvalue weighted by atomic mass is 16.3. The Kier molecular flexibility index (Phi) is 6.98. The summed E-state index contributed by atoms with van der Waals surface area (Å²) in [6.07, 6.45) is -0.919. The van der Waals surface area contributed by atoms with Crippen LogP contribution < -0.4 is 11.1 Å². The van der Waals surface area contributed by atoms with Crippen molar-refractivity contribution in [1.29, 1.82) is 0 Å². The van der Waals surface area contributed by atoms with Crippen LogP contribution in [0.4, 0.5) is 0 Å². The zero-order chi connectivity index (χ0) is 18.1. The first-order valence-corrected chi connectivity index (χ1v) is 7.95. The molecule has 0 radical (unpaired) electrons. The van der Waals surface area contributed by atoms with Crippen LogP contribution in [0.2, 0.25) is 0 Å². The van der Waals surface area contributed by atoms with Crippen LogP contribution in [0.25, 0.3) is 10.4 Å². The Morgan fingerprint density at radius 2 is 1.68 bits per heavy atom. The predicted octanol–water partition coefficient (Wildman–Crippen LogP) is 1.91. The van der Waals surface area contributed by atoms with E-state index in [9.17, 15) is 9.90 Å². The molecule has 0 heterocycles. The Bertz CT molecular complexity index is 717. The van der Waals surface area contributed by atoms with Crippen molar-refractivity contribution in [2.45, 2.75) is 31.2 Å². The Morgan fingerprint density at radius 3 is 2.24 bits per heavy atom. The van der Waals surface area contributed by atoms with Crippen molar-refractivity contribution in [2.75, 3.05) is 0 Å². The number of aliphatic hydroxyl groups is 1. The Balaban J connectivity index is 1.99. The molecule has 0 bridgehead atoms. The van der Waals surface area contributed by atoms with Gasteiger partial charge in [0.15, 0.2) is 0 Å². The van der Waals surface area contributed by atoms with E-state index in [0.717, 1.165) is 11.1 Å². The van der Waals surface area contributed by atoms with Gasteiger partial charge in [0.05, 0.1) is 6.10 Å². The quantitative estimate of drug-likeness (QED) is 0.386. The maximum atomic E-state index is 12.3. The molecular weight excluding hydrogens is 318 g/mol. The topological polar surface area (TPSA) is 124 Å². The van der Waals surface area contributed by atoms with Crippen LogP contribution in [0.1, 0.15) is 11.1 Å². The van der Waals surface area contributed by atoms with E-state index in [1.807, 2.05) is 60.7 Å². The Hall–Kier alpha value is -2.86. The van der Waals surface area contributed by atoms with Gasteiger partial charge in [-0.15, -0.1) is 0 Å². The van der Waals surface area contributed by atoms with Crippen LogP contribution in [-0.2, 0) is 17.8 Å². The van der Waals surface area contributed by atoms with Crippen molar-refractivity contribution in [3.05, 3.63) is 82.2 Å². The maximum absolute atomic E-state index is 12.3. The fraction of sp³-hybridized carbons (Fsp3) is 0.278. The lowest BCUT2D eigenvalue weighted by molar-refractivity contribution is -0.125. The van der Waals surface area contributed by atoms with Crippen molar-refractivity contribution < 1.29 is 9.90 Å². The highest BCUT2D eigenvalue weighted by Gasteiger charge is 2.30. The van der Waals surface area contributed by atoms with Crippen molar-refractivity contribution >= 4 is 5.91 Å². The average Bonchev–Trinajstić information content (AvgIpc) is 2.65. The summed E-state index contributed by atoms with van der Waals surface area (Å²) >= 11 is 0. The molecule has 0 aliphatic carbocycles. The molecule has 0 saturated heterocycles. The first-order valence-electron chi connectivity index (χ1n) is 7.95. The van der Waals surface area contributed by atoms with Gasteiger partial charge in [-0.2, -0.15) is 0 Å². The molecule has 25 heavy (non-hydrogen) atoms. The molecule has 4 N–H and O–H groups in total. The van der Waals surface area contributed by atoms with Crippen molar-refractivity contribution in [3.63, 3.8) is 0 Å². The van der Waals surface area contributed by atoms with Gasteiger partial charge >= 0.3 is 0 Å². The molecule has 0 aliphatic heterocycles. The molecule has 2 rings (SSSR count). The summed E-state index contributed by atoms with van der Waals surface area (Å²) < 4.78 is 0. The number of benzene rings is 2. The molecule has 0 fully saturated rings. The minimum Gasteiger partial charge on any atom is -0.391 e. The van der Waals surface area contributed by atoms with Crippen LogP contribution in [0, 0.1) is 0 Å². The highest BCUT2D eigenvalue weighted by molar-refractivity contribution is 5.82. The average molecular weight is 339 g/mol. The maximum Gasteiger partial charge on any atom is 0.232 e. The van der Waals surface area contributed by atoms with Crippen LogP contribution in [-0.4, -0.2) is 29.2 Å². The van der Waals surface area contributed by atoms with Crippen LogP contribution >= 0.6 is 0 Å². The molecule has 130 valence electrons. The number of nitrogens with two attached hydrogens (primary N) is 1. The molecular formula is C18H21N5O2. The third kappa shape index (κ3) is 5.61. The molecule has 2 aromatic carbocycles.